The van der Waals surface area contributed by atoms with Gasteiger partial charge < -0.3 is 5.11 Å². The molecule has 2 aromatic heterocycles. The molecule has 5 heteroatoms. The van der Waals surface area contributed by atoms with Crippen LogP contribution in [-0.2, 0) is 6.42 Å². The van der Waals surface area contributed by atoms with Crippen LogP contribution in [0.1, 0.15) is 11.3 Å². The molecular formula is C13H12N2O2S. The molecule has 0 unspecified atom stereocenters. The number of benzene rings is 1. The molecule has 0 radical (unpaired) electrons. The number of aryl methyl sites for hydroxylation is 1. The summed E-state index contributed by atoms with van der Waals surface area (Å²) < 4.78 is 2.68. The summed E-state index contributed by atoms with van der Waals surface area (Å²) in [5, 5.41) is 9.03. The predicted molar refractivity (Wildman–Crippen MR) is 72.4 cm³/mol. The van der Waals surface area contributed by atoms with Gasteiger partial charge in [0.1, 0.15) is 0 Å². The van der Waals surface area contributed by atoms with Crippen LogP contribution in [0, 0.1) is 6.92 Å². The molecule has 1 aromatic carbocycles. The molecule has 0 spiro atoms. The van der Waals surface area contributed by atoms with E-state index in [4.69, 9.17) is 5.11 Å². The summed E-state index contributed by atoms with van der Waals surface area (Å²) in [7, 11) is 0. The van der Waals surface area contributed by atoms with Gasteiger partial charge in [0.15, 0.2) is 4.96 Å². The molecule has 0 fully saturated rings. The first kappa shape index (κ1) is 11.4. The second-order valence-corrected chi connectivity index (χ2v) is 5.15. The van der Waals surface area contributed by atoms with E-state index in [-0.39, 0.29) is 12.2 Å². The number of para-hydroxylation sites is 1. The number of hydrogen-bond donors (Lipinski definition) is 1. The Bertz CT molecular complexity index is 789. The highest BCUT2D eigenvalue weighted by Crippen LogP contribution is 2.24. The average Bonchev–Trinajstić information content (AvgIpc) is 2.72. The van der Waals surface area contributed by atoms with E-state index < -0.39 is 0 Å². The Kier molecular flexibility index (Phi) is 2.65. The lowest BCUT2D eigenvalue weighted by atomic mass is 10.2. The smallest absolute Gasteiger partial charge is 0.262 e. The monoisotopic (exact) mass is 260 g/mol. The molecule has 18 heavy (non-hydrogen) atoms. The second-order valence-electron chi connectivity index (χ2n) is 4.14. The first-order valence-electron chi connectivity index (χ1n) is 5.73. The van der Waals surface area contributed by atoms with Gasteiger partial charge in [0, 0.05) is 24.3 Å². The summed E-state index contributed by atoms with van der Waals surface area (Å²) in [5.74, 6) is 0. The van der Waals surface area contributed by atoms with Crippen molar-refractivity contribution < 1.29 is 5.11 Å². The fourth-order valence-corrected chi connectivity index (χ4v) is 3.21. The fraction of sp³-hybridized carbons (Fsp3) is 0.231. The van der Waals surface area contributed by atoms with Crippen LogP contribution >= 0.6 is 11.3 Å². The summed E-state index contributed by atoms with van der Waals surface area (Å²) >= 11 is 1.51. The van der Waals surface area contributed by atoms with E-state index in [1.165, 1.54) is 11.3 Å². The number of rotatable bonds is 2. The number of nitrogens with zero attached hydrogens (tertiary/aromatic N) is 2. The minimum absolute atomic E-state index is 0.0358. The van der Waals surface area contributed by atoms with E-state index in [1.54, 1.807) is 4.40 Å². The summed E-state index contributed by atoms with van der Waals surface area (Å²) in [5.41, 5.74) is 2.12. The molecule has 0 saturated carbocycles. The van der Waals surface area contributed by atoms with Gasteiger partial charge in [-0.05, 0) is 19.1 Å². The normalized spacial score (nSPS) is 11.4. The minimum atomic E-state index is -0.0657. The quantitative estimate of drug-likeness (QED) is 0.763. The van der Waals surface area contributed by atoms with E-state index in [1.807, 2.05) is 31.2 Å². The van der Waals surface area contributed by atoms with Crippen molar-refractivity contribution in [3.05, 3.63) is 45.9 Å². The van der Waals surface area contributed by atoms with Crippen LogP contribution < -0.4 is 5.56 Å². The minimum Gasteiger partial charge on any atom is -0.396 e. The highest BCUT2D eigenvalue weighted by molar-refractivity contribution is 7.23. The molecule has 3 rings (SSSR count). The number of aliphatic hydroxyl groups excluding tert-OH is 1. The third kappa shape index (κ3) is 1.55. The molecule has 1 N–H and O–H groups in total. The number of aliphatic hydroxyl groups is 1. The summed E-state index contributed by atoms with van der Waals surface area (Å²) in [4.78, 5) is 17.6. The van der Waals surface area contributed by atoms with Gasteiger partial charge in [-0.15, -0.1) is 0 Å². The van der Waals surface area contributed by atoms with Crippen molar-refractivity contribution in [1.29, 1.82) is 0 Å². The largest absolute Gasteiger partial charge is 0.396 e. The van der Waals surface area contributed by atoms with Crippen molar-refractivity contribution in [1.82, 2.24) is 9.38 Å². The third-order valence-corrected chi connectivity index (χ3v) is 4.04. The van der Waals surface area contributed by atoms with Crippen LogP contribution in [-0.4, -0.2) is 21.1 Å². The molecule has 0 aliphatic carbocycles. The van der Waals surface area contributed by atoms with Crippen molar-refractivity contribution in [3.8, 4) is 0 Å². The Balaban J connectivity index is 2.49. The van der Waals surface area contributed by atoms with Crippen LogP contribution in [0.2, 0.25) is 0 Å². The van der Waals surface area contributed by atoms with E-state index in [0.29, 0.717) is 22.6 Å². The van der Waals surface area contributed by atoms with Crippen molar-refractivity contribution >= 4 is 26.5 Å². The zero-order valence-corrected chi connectivity index (χ0v) is 10.7. The number of thiazole rings is 1. The Morgan fingerprint density at radius 1 is 1.39 bits per heavy atom. The predicted octanol–water partition coefficient (Wildman–Crippen LogP) is 1.75. The Labute approximate surface area is 107 Å². The van der Waals surface area contributed by atoms with E-state index >= 15 is 0 Å². The molecule has 0 aliphatic heterocycles. The lowest BCUT2D eigenvalue weighted by Crippen LogP contribution is -2.21. The van der Waals surface area contributed by atoms with E-state index in [2.05, 4.69) is 4.98 Å². The fourth-order valence-electron chi connectivity index (χ4n) is 2.14. The SMILES string of the molecule is Cc1nc2sc3ccccc3n2c(=O)c1CCO. The highest BCUT2D eigenvalue weighted by Gasteiger charge is 2.13. The molecule has 92 valence electrons. The van der Waals surface area contributed by atoms with Gasteiger partial charge in [0.2, 0.25) is 0 Å². The van der Waals surface area contributed by atoms with Gasteiger partial charge in [-0.1, -0.05) is 23.5 Å². The van der Waals surface area contributed by atoms with Gasteiger partial charge >= 0.3 is 0 Å². The van der Waals surface area contributed by atoms with Crippen molar-refractivity contribution in [2.45, 2.75) is 13.3 Å². The Morgan fingerprint density at radius 3 is 2.94 bits per heavy atom. The number of fused-ring (bicyclic) bond motifs is 3. The molecule has 0 aliphatic rings. The van der Waals surface area contributed by atoms with Crippen LogP contribution in [0.15, 0.2) is 29.1 Å². The van der Waals surface area contributed by atoms with Gasteiger partial charge in [-0.3, -0.25) is 9.20 Å². The van der Waals surface area contributed by atoms with Crippen LogP contribution in [0.3, 0.4) is 0 Å². The molecule has 4 nitrogen and oxygen atoms in total. The average molecular weight is 260 g/mol. The zero-order chi connectivity index (χ0) is 12.7. The molecule has 0 bridgehead atoms. The maximum Gasteiger partial charge on any atom is 0.262 e. The lowest BCUT2D eigenvalue weighted by Gasteiger charge is -2.03. The van der Waals surface area contributed by atoms with Crippen molar-refractivity contribution in [3.63, 3.8) is 0 Å². The van der Waals surface area contributed by atoms with Crippen LogP contribution in [0.4, 0.5) is 0 Å². The first-order chi connectivity index (χ1) is 8.72. The summed E-state index contributed by atoms with van der Waals surface area (Å²) in [6, 6.07) is 7.76. The molecule has 2 heterocycles. The number of aromatic nitrogens is 2. The summed E-state index contributed by atoms with van der Waals surface area (Å²) in [6.07, 6.45) is 0.352. The third-order valence-electron chi connectivity index (χ3n) is 3.02. The Morgan fingerprint density at radius 2 is 2.17 bits per heavy atom. The first-order valence-corrected chi connectivity index (χ1v) is 6.54. The lowest BCUT2D eigenvalue weighted by molar-refractivity contribution is 0.298. The second kappa shape index (κ2) is 4.19. The van der Waals surface area contributed by atoms with Crippen molar-refractivity contribution in [2.75, 3.05) is 6.61 Å². The molecule has 0 atom stereocenters. The van der Waals surface area contributed by atoms with Crippen LogP contribution in [0.25, 0.3) is 15.2 Å². The molecule has 0 saturated heterocycles. The van der Waals surface area contributed by atoms with Crippen molar-refractivity contribution in [2.24, 2.45) is 0 Å². The standard InChI is InChI=1S/C13H12N2O2S/c1-8-9(6-7-16)12(17)15-10-4-2-3-5-11(10)18-13(15)14-8/h2-5,16H,6-7H2,1H3. The molecule has 0 amide bonds. The van der Waals surface area contributed by atoms with Gasteiger partial charge in [0.05, 0.1) is 10.2 Å². The van der Waals surface area contributed by atoms with Crippen LogP contribution in [0.5, 0.6) is 0 Å². The maximum absolute atomic E-state index is 12.4. The summed E-state index contributed by atoms with van der Waals surface area (Å²) in [6.45, 7) is 1.78. The number of hydrogen-bond acceptors (Lipinski definition) is 4. The molecular weight excluding hydrogens is 248 g/mol. The molecule has 3 aromatic rings. The van der Waals surface area contributed by atoms with E-state index in [9.17, 15) is 4.79 Å². The highest BCUT2D eigenvalue weighted by atomic mass is 32.1. The van der Waals surface area contributed by atoms with E-state index in [0.717, 1.165) is 10.2 Å². The maximum atomic E-state index is 12.4. The van der Waals surface area contributed by atoms with Gasteiger partial charge in [0.25, 0.3) is 5.56 Å². The zero-order valence-electron chi connectivity index (χ0n) is 9.88. The Hall–Kier alpha value is -1.72. The van der Waals surface area contributed by atoms with Gasteiger partial charge in [-0.2, -0.15) is 0 Å². The van der Waals surface area contributed by atoms with Gasteiger partial charge in [-0.25, -0.2) is 4.98 Å². The topological polar surface area (TPSA) is 54.6 Å².